The zero-order chi connectivity index (χ0) is 23.3. The van der Waals surface area contributed by atoms with Gasteiger partial charge in [-0.1, -0.05) is 24.6 Å². The number of para-hydroxylation sites is 1. The predicted octanol–water partition coefficient (Wildman–Crippen LogP) is 4.32. The molecule has 174 valence electrons. The molecule has 32 heavy (non-hydrogen) atoms. The van der Waals surface area contributed by atoms with Crippen LogP contribution in [0.25, 0.3) is 0 Å². The lowest BCUT2D eigenvalue weighted by Gasteiger charge is -2.26. The zero-order valence-corrected chi connectivity index (χ0v) is 20.1. The summed E-state index contributed by atoms with van der Waals surface area (Å²) in [6.07, 6.45) is 2.70. The van der Waals surface area contributed by atoms with Crippen molar-refractivity contribution in [2.75, 3.05) is 30.3 Å². The second-order valence-corrected chi connectivity index (χ2v) is 10.4. The van der Waals surface area contributed by atoms with Crippen molar-refractivity contribution in [3.8, 4) is 5.75 Å². The molecule has 8 heteroatoms. The molecular formula is C24H33N3O4S. The highest BCUT2D eigenvalue weighted by atomic mass is 32.2. The van der Waals surface area contributed by atoms with Crippen molar-refractivity contribution in [1.29, 1.82) is 0 Å². The molecule has 1 aliphatic heterocycles. The van der Waals surface area contributed by atoms with Crippen LogP contribution < -0.4 is 15.4 Å². The highest BCUT2D eigenvalue weighted by Gasteiger charge is 2.27. The molecule has 0 aliphatic carbocycles. The van der Waals surface area contributed by atoms with Gasteiger partial charge in [-0.15, -0.1) is 0 Å². The van der Waals surface area contributed by atoms with E-state index in [1.807, 2.05) is 45.9 Å². The van der Waals surface area contributed by atoms with E-state index in [0.29, 0.717) is 24.5 Å². The number of hydrogen-bond donors (Lipinski definition) is 2. The number of benzene rings is 2. The summed E-state index contributed by atoms with van der Waals surface area (Å²) in [6, 6.07) is 10.6. The Labute approximate surface area is 191 Å². The van der Waals surface area contributed by atoms with Gasteiger partial charge in [0, 0.05) is 18.8 Å². The van der Waals surface area contributed by atoms with Gasteiger partial charge in [0.1, 0.15) is 5.75 Å². The van der Waals surface area contributed by atoms with Gasteiger partial charge in [0.05, 0.1) is 23.2 Å². The number of hydrogen-bond acceptors (Lipinski definition) is 5. The number of aryl methyl sites for hydroxylation is 2. The second kappa shape index (κ2) is 10.4. The van der Waals surface area contributed by atoms with Gasteiger partial charge in [-0.3, -0.25) is 4.79 Å². The second-order valence-electron chi connectivity index (χ2n) is 8.46. The van der Waals surface area contributed by atoms with E-state index in [0.717, 1.165) is 36.1 Å². The molecule has 1 fully saturated rings. The number of ether oxygens (including phenoxy) is 1. The third-order valence-electron chi connectivity index (χ3n) is 5.45. The smallest absolute Gasteiger partial charge is 0.243 e. The summed E-state index contributed by atoms with van der Waals surface area (Å²) in [5.41, 5.74) is 3.24. The van der Waals surface area contributed by atoms with Crippen molar-refractivity contribution in [3.05, 3.63) is 47.5 Å². The largest absolute Gasteiger partial charge is 0.489 e. The lowest BCUT2D eigenvalue weighted by molar-refractivity contribution is -0.114. The van der Waals surface area contributed by atoms with E-state index in [1.54, 1.807) is 18.2 Å². The number of anilines is 2. The van der Waals surface area contributed by atoms with E-state index in [1.165, 1.54) is 4.31 Å². The van der Waals surface area contributed by atoms with Gasteiger partial charge in [-0.05, 0) is 69.9 Å². The molecule has 0 aromatic heterocycles. The van der Waals surface area contributed by atoms with Crippen LogP contribution in [0, 0.1) is 13.8 Å². The van der Waals surface area contributed by atoms with Crippen molar-refractivity contribution in [2.24, 2.45) is 0 Å². The van der Waals surface area contributed by atoms with Crippen molar-refractivity contribution in [1.82, 2.24) is 4.31 Å². The molecule has 0 radical (unpaired) electrons. The van der Waals surface area contributed by atoms with Gasteiger partial charge >= 0.3 is 0 Å². The van der Waals surface area contributed by atoms with Crippen LogP contribution in [-0.2, 0) is 14.8 Å². The number of carbonyl (C=O) groups is 1. The summed E-state index contributed by atoms with van der Waals surface area (Å²) < 4.78 is 33.6. The molecule has 0 spiro atoms. The van der Waals surface area contributed by atoms with Gasteiger partial charge in [-0.2, -0.15) is 4.31 Å². The Morgan fingerprint density at radius 1 is 1.06 bits per heavy atom. The predicted molar refractivity (Wildman–Crippen MR) is 128 cm³/mol. The molecule has 1 saturated heterocycles. The van der Waals surface area contributed by atoms with Crippen LogP contribution in [0.5, 0.6) is 5.75 Å². The van der Waals surface area contributed by atoms with Gasteiger partial charge in [0.15, 0.2) is 0 Å². The van der Waals surface area contributed by atoms with E-state index >= 15 is 0 Å². The minimum Gasteiger partial charge on any atom is -0.489 e. The molecule has 0 atom stereocenters. The Kier molecular flexibility index (Phi) is 7.79. The summed E-state index contributed by atoms with van der Waals surface area (Å²) in [5.74, 6) is 0.291. The lowest BCUT2D eigenvalue weighted by Crippen LogP contribution is -2.35. The van der Waals surface area contributed by atoms with Crippen molar-refractivity contribution in [2.45, 2.75) is 58.0 Å². The maximum atomic E-state index is 13.1. The molecule has 0 bridgehead atoms. The molecule has 0 saturated carbocycles. The van der Waals surface area contributed by atoms with Crippen LogP contribution in [-0.4, -0.2) is 44.4 Å². The first kappa shape index (κ1) is 24.1. The van der Waals surface area contributed by atoms with E-state index in [2.05, 4.69) is 10.6 Å². The van der Waals surface area contributed by atoms with Crippen molar-refractivity contribution < 1.29 is 17.9 Å². The molecule has 1 aliphatic rings. The number of carbonyl (C=O) groups excluding carboxylic acids is 1. The average Bonchev–Trinajstić information content (AvgIpc) is 2.76. The Morgan fingerprint density at radius 3 is 2.34 bits per heavy atom. The summed E-state index contributed by atoms with van der Waals surface area (Å²) in [7, 11) is -3.59. The number of rotatable bonds is 8. The SMILES string of the molecule is Cc1cccc(C)c1NC(=O)CNc1cc(S(=O)(=O)N2CCCCC2)ccc1OC(C)C. The van der Waals surface area contributed by atoms with Crippen LogP contribution in [0.3, 0.4) is 0 Å². The first-order chi connectivity index (χ1) is 15.2. The Hall–Kier alpha value is -2.58. The standard InChI is InChI=1S/C24H33N3O4S/c1-17(2)31-22-12-11-20(32(29,30)27-13-6-5-7-14-27)15-21(22)25-16-23(28)26-24-18(3)9-8-10-19(24)4/h8-12,15,17,25H,5-7,13-14,16H2,1-4H3,(H,26,28). The molecule has 2 aromatic carbocycles. The van der Waals surface area contributed by atoms with Crippen LogP contribution in [0.15, 0.2) is 41.3 Å². The number of nitrogens with one attached hydrogen (secondary N) is 2. The van der Waals surface area contributed by atoms with Crippen LogP contribution in [0.4, 0.5) is 11.4 Å². The van der Waals surface area contributed by atoms with Crippen LogP contribution >= 0.6 is 0 Å². The number of amides is 1. The third kappa shape index (κ3) is 5.81. The fraction of sp³-hybridized carbons (Fsp3) is 0.458. The molecule has 2 N–H and O–H groups in total. The van der Waals surface area contributed by atoms with Crippen molar-refractivity contribution in [3.63, 3.8) is 0 Å². The molecular weight excluding hydrogens is 426 g/mol. The van der Waals surface area contributed by atoms with E-state index in [9.17, 15) is 13.2 Å². The van der Waals surface area contributed by atoms with Crippen LogP contribution in [0.1, 0.15) is 44.2 Å². The average molecular weight is 460 g/mol. The normalized spacial score (nSPS) is 14.9. The van der Waals surface area contributed by atoms with E-state index in [-0.39, 0.29) is 23.5 Å². The number of piperidine rings is 1. The van der Waals surface area contributed by atoms with E-state index in [4.69, 9.17) is 4.74 Å². The molecule has 2 aromatic rings. The fourth-order valence-corrected chi connectivity index (χ4v) is 5.33. The number of sulfonamides is 1. The zero-order valence-electron chi connectivity index (χ0n) is 19.3. The summed E-state index contributed by atoms with van der Waals surface area (Å²) >= 11 is 0. The Bertz CT molecular complexity index is 1040. The van der Waals surface area contributed by atoms with Gasteiger partial charge in [0.25, 0.3) is 0 Å². The topological polar surface area (TPSA) is 87.7 Å². The highest BCUT2D eigenvalue weighted by Crippen LogP contribution is 2.31. The summed E-state index contributed by atoms with van der Waals surface area (Å²) in [4.78, 5) is 12.8. The van der Waals surface area contributed by atoms with Gasteiger partial charge in [0.2, 0.25) is 15.9 Å². The van der Waals surface area contributed by atoms with Crippen LogP contribution in [0.2, 0.25) is 0 Å². The first-order valence-electron chi connectivity index (χ1n) is 11.1. The molecule has 7 nitrogen and oxygen atoms in total. The summed E-state index contributed by atoms with van der Waals surface area (Å²) in [5, 5.41) is 6.01. The quantitative estimate of drug-likeness (QED) is 0.614. The van der Waals surface area contributed by atoms with E-state index < -0.39 is 10.0 Å². The minimum absolute atomic E-state index is 0.0184. The van der Waals surface area contributed by atoms with Gasteiger partial charge < -0.3 is 15.4 Å². The monoisotopic (exact) mass is 459 g/mol. The molecule has 3 rings (SSSR count). The lowest BCUT2D eigenvalue weighted by atomic mass is 10.1. The highest BCUT2D eigenvalue weighted by molar-refractivity contribution is 7.89. The van der Waals surface area contributed by atoms with Gasteiger partial charge in [-0.25, -0.2) is 8.42 Å². The minimum atomic E-state index is -3.59. The molecule has 0 unspecified atom stereocenters. The first-order valence-corrected chi connectivity index (χ1v) is 12.5. The Morgan fingerprint density at radius 2 is 1.72 bits per heavy atom. The van der Waals surface area contributed by atoms with Crippen molar-refractivity contribution >= 4 is 27.3 Å². The maximum absolute atomic E-state index is 13.1. The Balaban J connectivity index is 1.80. The number of nitrogens with zero attached hydrogens (tertiary/aromatic N) is 1. The molecule has 1 amide bonds. The summed E-state index contributed by atoms with van der Waals surface area (Å²) in [6.45, 7) is 8.74. The maximum Gasteiger partial charge on any atom is 0.243 e. The fourth-order valence-electron chi connectivity index (χ4n) is 3.79. The molecule has 1 heterocycles. The third-order valence-corrected chi connectivity index (χ3v) is 7.35.